The van der Waals surface area contributed by atoms with Gasteiger partial charge in [0.15, 0.2) is 0 Å². The fourth-order valence-electron chi connectivity index (χ4n) is 1.69. The zero-order valence-electron chi connectivity index (χ0n) is 7.73. The summed E-state index contributed by atoms with van der Waals surface area (Å²) in [4.78, 5) is 9.34. The van der Waals surface area contributed by atoms with E-state index in [4.69, 9.17) is 5.11 Å². The summed E-state index contributed by atoms with van der Waals surface area (Å²) in [6.07, 6.45) is 2.15. The summed E-state index contributed by atoms with van der Waals surface area (Å²) in [5.41, 5.74) is 0. The topological polar surface area (TPSA) is 49.2 Å². The molecule has 0 radical (unpaired) electrons. The van der Waals surface area contributed by atoms with Crippen molar-refractivity contribution in [2.24, 2.45) is 5.92 Å². The lowest BCUT2D eigenvalue weighted by Gasteiger charge is -2.16. The first-order chi connectivity index (χ1) is 6.79. The fraction of sp³-hybridized carbons (Fsp3) is 0.556. The van der Waals surface area contributed by atoms with Gasteiger partial charge in [0.25, 0.3) is 0 Å². The third kappa shape index (κ3) is 1.82. The molecule has 1 aromatic heterocycles. The Bertz CT molecular complexity index is 321. The van der Waals surface area contributed by atoms with Gasteiger partial charge in [-0.1, -0.05) is 0 Å². The van der Waals surface area contributed by atoms with Crippen molar-refractivity contribution >= 4 is 5.82 Å². The second-order valence-electron chi connectivity index (χ2n) is 3.48. The second-order valence-corrected chi connectivity index (χ2v) is 3.48. The Kier molecular flexibility index (Phi) is 2.58. The third-order valence-electron chi connectivity index (χ3n) is 2.49. The predicted octanol–water partition coefficient (Wildman–Crippen LogP) is 0.434. The van der Waals surface area contributed by atoms with Gasteiger partial charge in [-0.05, 0) is 6.42 Å². The van der Waals surface area contributed by atoms with Crippen molar-refractivity contribution < 1.29 is 9.50 Å². The second kappa shape index (κ2) is 3.88. The summed E-state index contributed by atoms with van der Waals surface area (Å²) < 4.78 is 12.8. The highest BCUT2D eigenvalue weighted by molar-refractivity contribution is 5.38. The minimum absolute atomic E-state index is 0.185. The highest BCUT2D eigenvalue weighted by Gasteiger charge is 2.22. The average molecular weight is 197 g/mol. The Hall–Kier alpha value is -1.23. The van der Waals surface area contributed by atoms with Gasteiger partial charge in [0.2, 0.25) is 5.95 Å². The van der Waals surface area contributed by atoms with Crippen LogP contribution >= 0.6 is 0 Å². The van der Waals surface area contributed by atoms with Gasteiger partial charge in [-0.2, -0.15) is 4.39 Å². The number of rotatable bonds is 2. The lowest BCUT2D eigenvalue weighted by molar-refractivity contribution is 0.238. The molecule has 5 heteroatoms. The van der Waals surface area contributed by atoms with Crippen LogP contribution in [0.5, 0.6) is 0 Å². The highest BCUT2D eigenvalue weighted by atomic mass is 19.1. The molecule has 4 nitrogen and oxygen atoms in total. The molecule has 1 aliphatic rings. The Morgan fingerprint density at radius 3 is 3.07 bits per heavy atom. The van der Waals surface area contributed by atoms with Gasteiger partial charge in [0, 0.05) is 31.7 Å². The smallest absolute Gasteiger partial charge is 0.218 e. The molecule has 0 spiro atoms. The first kappa shape index (κ1) is 9.33. The van der Waals surface area contributed by atoms with Crippen molar-refractivity contribution in [3.8, 4) is 0 Å². The van der Waals surface area contributed by atoms with Crippen LogP contribution in [0.2, 0.25) is 0 Å². The van der Waals surface area contributed by atoms with E-state index in [2.05, 4.69) is 9.97 Å². The van der Waals surface area contributed by atoms with E-state index >= 15 is 0 Å². The van der Waals surface area contributed by atoms with E-state index in [0.29, 0.717) is 5.82 Å². The molecule has 1 N–H and O–H groups in total. The van der Waals surface area contributed by atoms with Crippen molar-refractivity contribution in [3.63, 3.8) is 0 Å². The van der Waals surface area contributed by atoms with Gasteiger partial charge >= 0.3 is 0 Å². The number of aliphatic hydroxyl groups is 1. The van der Waals surface area contributed by atoms with Gasteiger partial charge in [-0.25, -0.2) is 9.97 Å². The minimum Gasteiger partial charge on any atom is -0.396 e. The number of nitrogens with zero attached hydrogens (tertiary/aromatic N) is 3. The van der Waals surface area contributed by atoms with Crippen molar-refractivity contribution in [1.82, 2.24) is 9.97 Å². The molecule has 1 saturated heterocycles. The van der Waals surface area contributed by atoms with Crippen LogP contribution in [-0.4, -0.2) is 34.8 Å². The number of aliphatic hydroxyl groups excluding tert-OH is 1. The molecule has 1 atom stereocenters. The molecule has 1 aromatic rings. The van der Waals surface area contributed by atoms with Crippen LogP contribution in [0.1, 0.15) is 6.42 Å². The van der Waals surface area contributed by atoms with Gasteiger partial charge in [-0.15, -0.1) is 0 Å². The van der Waals surface area contributed by atoms with Crippen molar-refractivity contribution in [1.29, 1.82) is 0 Å². The van der Waals surface area contributed by atoms with E-state index in [0.717, 1.165) is 19.5 Å². The Labute approximate surface area is 81.4 Å². The summed E-state index contributed by atoms with van der Waals surface area (Å²) in [6, 6.07) is 1.32. The number of aromatic nitrogens is 2. The van der Waals surface area contributed by atoms with E-state index in [-0.39, 0.29) is 12.5 Å². The third-order valence-corrected chi connectivity index (χ3v) is 2.49. The van der Waals surface area contributed by atoms with Crippen LogP contribution in [-0.2, 0) is 0 Å². The number of hydrogen-bond donors (Lipinski definition) is 1. The molecule has 0 aliphatic carbocycles. The summed E-state index contributed by atoms with van der Waals surface area (Å²) in [6.45, 7) is 1.75. The van der Waals surface area contributed by atoms with Crippen LogP contribution in [0.15, 0.2) is 12.4 Å². The van der Waals surface area contributed by atoms with Crippen LogP contribution in [0, 0.1) is 11.9 Å². The lowest BCUT2D eigenvalue weighted by atomic mass is 10.1. The van der Waals surface area contributed by atoms with E-state index < -0.39 is 5.95 Å². The first-order valence-corrected chi connectivity index (χ1v) is 4.63. The van der Waals surface area contributed by atoms with E-state index in [9.17, 15) is 4.39 Å². The number of hydrogen-bond acceptors (Lipinski definition) is 4. The molecular formula is C9H12FN3O. The quantitative estimate of drug-likeness (QED) is 0.699. The van der Waals surface area contributed by atoms with E-state index in [1.807, 2.05) is 4.90 Å². The molecule has 0 aromatic carbocycles. The summed E-state index contributed by atoms with van der Waals surface area (Å²) in [5.74, 6) is 0.379. The van der Waals surface area contributed by atoms with Crippen LogP contribution in [0.3, 0.4) is 0 Å². The molecule has 2 rings (SSSR count). The van der Waals surface area contributed by atoms with Crippen LogP contribution in [0.4, 0.5) is 10.2 Å². The van der Waals surface area contributed by atoms with Crippen LogP contribution < -0.4 is 4.90 Å². The van der Waals surface area contributed by atoms with Crippen LogP contribution in [0.25, 0.3) is 0 Å². The maximum atomic E-state index is 12.8. The zero-order valence-corrected chi connectivity index (χ0v) is 7.73. The van der Waals surface area contributed by atoms with Gasteiger partial charge in [0.1, 0.15) is 12.1 Å². The van der Waals surface area contributed by atoms with Crippen molar-refractivity contribution in [2.75, 3.05) is 24.6 Å². The molecule has 1 unspecified atom stereocenters. The normalized spacial score (nSPS) is 21.6. The monoisotopic (exact) mass is 197 g/mol. The Morgan fingerprint density at radius 2 is 2.43 bits per heavy atom. The standard InChI is InChI=1S/C9H12FN3O/c10-8-3-9(12-6-11-8)13-2-1-7(4-13)5-14/h3,6-7,14H,1-2,4-5H2. The molecule has 2 heterocycles. The SMILES string of the molecule is OCC1CCN(c2cc(F)ncn2)C1. The summed E-state index contributed by atoms with van der Waals surface area (Å²) in [5, 5.41) is 8.95. The maximum absolute atomic E-state index is 12.8. The molecule has 76 valence electrons. The average Bonchev–Trinajstić information content (AvgIpc) is 2.66. The van der Waals surface area contributed by atoms with Gasteiger partial charge in [0.05, 0.1) is 0 Å². The summed E-state index contributed by atoms with van der Waals surface area (Å²) in [7, 11) is 0. The summed E-state index contributed by atoms with van der Waals surface area (Å²) >= 11 is 0. The predicted molar refractivity (Wildman–Crippen MR) is 49.4 cm³/mol. The molecule has 14 heavy (non-hydrogen) atoms. The van der Waals surface area contributed by atoms with E-state index in [1.54, 1.807) is 0 Å². The number of halogens is 1. The molecule has 0 saturated carbocycles. The molecule has 0 bridgehead atoms. The van der Waals surface area contributed by atoms with Gasteiger partial charge in [-0.3, -0.25) is 0 Å². The van der Waals surface area contributed by atoms with E-state index in [1.165, 1.54) is 12.4 Å². The van der Waals surface area contributed by atoms with Crippen molar-refractivity contribution in [2.45, 2.75) is 6.42 Å². The zero-order chi connectivity index (χ0) is 9.97. The number of anilines is 1. The Morgan fingerprint density at radius 1 is 1.57 bits per heavy atom. The van der Waals surface area contributed by atoms with Gasteiger partial charge < -0.3 is 10.0 Å². The lowest BCUT2D eigenvalue weighted by Crippen LogP contribution is -2.21. The highest BCUT2D eigenvalue weighted by Crippen LogP contribution is 2.21. The van der Waals surface area contributed by atoms with Crippen molar-refractivity contribution in [3.05, 3.63) is 18.3 Å². The molecule has 0 amide bonds. The molecule has 1 fully saturated rings. The fourth-order valence-corrected chi connectivity index (χ4v) is 1.69. The molecule has 1 aliphatic heterocycles. The minimum atomic E-state index is -0.512. The largest absolute Gasteiger partial charge is 0.396 e. The molecular weight excluding hydrogens is 185 g/mol. The first-order valence-electron chi connectivity index (χ1n) is 4.63. The maximum Gasteiger partial charge on any atom is 0.218 e. The Balaban J connectivity index is 2.09.